The van der Waals surface area contributed by atoms with Gasteiger partial charge in [0, 0.05) is 39.5 Å². The Morgan fingerprint density at radius 2 is 1.86 bits per heavy atom. The van der Waals surface area contributed by atoms with E-state index in [2.05, 4.69) is 10.4 Å². The monoisotopic (exact) mass is 396 g/mol. The van der Waals surface area contributed by atoms with Crippen LogP contribution in [0.5, 0.6) is 0 Å². The fraction of sp³-hybridized carbons (Fsp3) is 0.200. The van der Waals surface area contributed by atoms with Gasteiger partial charge in [0.15, 0.2) is 0 Å². The van der Waals surface area contributed by atoms with Crippen molar-refractivity contribution >= 4 is 29.0 Å². The van der Waals surface area contributed by atoms with Crippen LogP contribution in [0.2, 0.25) is 0 Å². The van der Waals surface area contributed by atoms with Crippen molar-refractivity contribution in [3.05, 3.63) is 76.1 Å². The SMILES string of the molecule is Cc1ccc(Sc2cc(NC(=O)C(C)n3nccc3C)cc([N+](=O)[O-])c2)cc1. The lowest BCUT2D eigenvalue weighted by Gasteiger charge is -2.15. The first-order chi connectivity index (χ1) is 13.3. The molecule has 8 heteroatoms. The minimum Gasteiger partial charge on any atom is -0.324 e. The second kappa shape index (κ2) is 8.26. The van der Waals surface area contributed by atoms with Crippen LogP contribution in [0.4, 0.5) is 11.4 Å². The number of carbonyl (C=O) groups is 1. The summed E-state index contributed by atoms with van der Waals surface area (Å²) in [7, 11) is 0. The molecule has 0 aliphatic rings. The Bertz CT molecular complexity index is 1010. The molecule has 3 rings (SSSR count). The van der Waals surface area contributed by atoms with E-state index in [9.17, 15) is 14.9 Å². The number of nitrogens with one attached hydrogen (secondary N) is 1. The highest BCUT2D eigenvalue weighted by Gasteiger charge is 2.19. The maximum absolute atomic E-state index is 12.6. The molecule has 1 heterocycles. The summed E-state index contributed by atoms with van der Waals surface area (Å²) in [4.78, 5) is 25.1. The molecule has 0 saturated carbocycles. The Balaban J connectivity index is 1.84. The van der Waals surface area contributed by atoms with Crippen molar-refractivity contribution in [2.45, 2.75) is 36.6 Å². The summed E-state index contributed by atoms with van der Waals surface area (Å²) in [6.07, 6.45) is 1.63. The summed E-state index contributed by atoms with van der Waals surface area (Å²) in [6.45, 7) is 5.59. The van der Waals surface area contributed by atoms with Crippen molar-refractivity contribution in [1.29, 1.82) is 0 Å². The topological polar surface area (TPSA) is 90.1 Å². The second-order valence-electron chi connectivity index (χ2n) is 6.47. The van der Waals surface area contributed by atoms with Crippen LogP contribution in [0.1, 0.15) is 24.2 Å². The van der Waals surface area contributed by atoms with Crippen LogP contribution in [-0.2, 0) is 4.79 Å². The minimum absolute atomic E-state index is 0.0738. The third-order valence-electron chi connectivity index (χ3n) is 4.24. The molecule has 1 atom stereocenters. The van der Waals surface area contributed by atoms with Gasteiger partial charge in [0.1, 0.15) is 6.04 Å². The first kappa shape index (κ1) is 19.6. The molecule has 7 nitrogen and oxygen atoms in total. The van der Waals surface area contributed by atoms with Gasteiger partial charge >= 0.3 is 0 Å². The van der Waals surface area contributed by atoms with Crippen molar-refractivity contribution < 1.29 is 9.72 Å². The van der Waals surface area contributed by atoms with E-state index in [1.54, 1.807) is 23.9 Å². The van der Waals surface area contributed by atoms with Gasteiger partial charge in [0.05, 0.1) is 4.92 Å². The lowest BCUT2D eigenvalue weighted by atomic mass is 10.2. The van der Waals surface area contributed by atoms with Crippen molar-refractivity contribution in [1.82, 2.24) is 9.78 Å². The summed E-state index contributed by atoms with van der Waals surface area (Å²) in [6, 6.07) is 13.8. The Morgan fingerprint density at radius 1 is 1.14 bits per heavy atom. The largest absolute Gasteiger partial charge is 0.324 e. The maximum Gasteiger partial charge on any atom is 0.272 e. The molecule has 1 amide bonds. The highest BCUT2D eigenvalue weighted by Crippen LogP contribution is 2.33. The summed E-state index contributed by atoms with van der Waals surface area (Å²) in [5.41, 5.74) is 2.30. The molecule has 0 bridgehead atoms. The first-order valence-electron chi connectivity index (χ1n) is 8.68. The molecule has 0 spiro atoms. The molecule has 28 heavy (non-hydrogen) atoms. The second-order valence-corrected chi connectivity index (χ2v) is 7.62. The van der Waals surface area contributed by atoms with Crippen LogP contribution < -0.4 is 5.32 Å². The number of nitro groups is 1. The van der Waals surface area contributed by atoms with Crippen LogP contribution in [-0.4, -0.2) is 20.6 Å². The number of nitro benzene ring substituents is 1. The van der Waals surface area contributed by atoms with Gasteiger partial charge in [-0.05, 0) is 45.0 Å². The van der Waals surface area contributed by atoms with E-state index in [0.717, 1.165) is 16.2 Å². The molecule has 2 aromatic carbocycles. The quantitative estimate of drug-likeness (QED) is 0.479. The Hall–Kier alpha value is -3.13. The van der Waals surface area contributed by atoms with Crippen LogP contribution in [0.3, 0.4) is 0 Å². The summed E-state index contributed by atoms with van der Waals surface area (Å²) in [5.74, 6) is -0.293. The fourth-order valence-corrected chi connectivity index (χ4v) is 3.62. The normalized spacial score (nSPS) is 11.8. The van der Waals surface area contributed by atoms with Gasteiger partial charge in [-0.25, -0.2) is 0 Å². The number of amides is 1. The number of carbonyl (C=O) groups excluding carboxylic acids is 1. The third-order valence-corrected chi connectivity index (χ3v) is 5.22. The molecule has 0 aliphatic heterocycles. The van der Waals surface area contributed by atoms with E-state index in [-0.39, 0.29) is 11.6 Å². The van der Waals surface area contributed by atoms with Crippen LogP contribution in [0.15, 0.2) is 64.5 Å². The minimum atomic E-state index is -0.539. The van der Waals surface area contributed by atoms with Crippen LogP contribution in [0, 0.1) is 24.0 Å². The van der Waals surface area contributed by atoms with Crippen LogP contribution in [0.25, 0.3) is 0 Å². The highest BCUT2D eigenvalue weighted by molar-refractivity contribution is 7.99. The summed E-state index contributed by atoms with van der Waals surface area (Å²) < 4.78 is 1.61. The smallest absolute Gasteiger partial charge is 0.272 e. The average molecular weight is 396 g/mol. The number of hydrogen-bond donors (Lipinski definition) is 1. The van der Waals surface area contributed by atoms with Gasteiger partial charge in [0.25, 0.3) is 5.69 Å². The van der Waals surface area contributed by atoms with Crippen molar-refractivity contribution in [2.75, 3.05) is 5.32 Å². The maximum atomic E-state index is 12.6. The molecule has 144 valence electrons. The van der Waals surface area contributed by atoms with Gasteiger partial charge in [-0.3, -0.25) is 19.6 Å². The lowest BCUT2D eigenvalue weighted by Crippen LogP contribution is -2.25. The van der Waals surface area contributed by atoms with E-state index in [1.807, 2.05) is 44.2 Å². The number of benzene rings is 2. The van der Waals surface area contributed by atoms with E-state index < -0.39 is 11.0 Å². The number of rotatable bonds is 6. The Morgan fingerprint density at radius 3 is 2.46 bits per heavy atom. The first-order valence-corrected chi connectivity index (χ1v) is 9.50. The lowest BCUT2D eigenvalue weighted by molar-refractivity contribution is -0.385. The van der Waals surface area contributed by atoms with Gasteiger partial charge in [-0.1, -0.05) is 29.5 Å². The molecule has 1 N–H and O–H groups in total. The molecule has 1 unspecified atom stereocenters. The molecular formula is C20H20N4O3S. The molecule has 0 saturated heterocycles. The third kappa shape index (κ3) is 4.58. The van der Waals surface area contributed by atoms with E-state index in [4.69, 9.17) is 0 Å². The van der Waals surface area contributed by atoms with Gasteiger partial charge in [0.2, 0.25) is 5.91 Å². The molecule has 0 aliphatic carbocycles. The molecule has 0 fully saturated rings. The summed E-state index contributed by atoms with van der Waals surface area (Å²) in [5, 5.41) is 18.2. The van der Waals surface area contributed by atoms with Crippen molar-refractivity contribution in [2.24, 2.45) is 0 Å². The van der Waals surface area contributed by atoms with Gasteiger partial charge in [-0.2, -0.15) is 5.10 Å². The molecule has 1 aromatic heterocycles. The number of non-ortho nitro benzene ring substituents is 1. The van der Waals surface area contributed by atoms with E-state index in [0.29, 0.717) is 10.6 Å². The average Bonchev–Trinajstić information content (AvgIpc) is 3.08. The number of anilines is 1. The highest BCUT2D eigenvalue weighted by atomic mass is 32.2. The van der Waals surface area contributed by atoms with Crippen molar-refractivity contribution in [3.63, 3.8) is 0 Å². The molecule has 3 aromatic rings. The van der Waals surface area contributed by atoms with Gasteiger partial charge in [-0.15, -0.1) is 0 Å². The Kier molecular flexibility index (Phi) is 5.79. The predicted octanol–water partition coefficient (Wildman–Crippen LogP) is 4.76. The number of hydrogen-bond acceptors (Lipinski definition) is 5. The Labute approximate surface area is 166 Å². The number of aromatic nitrogens is 2. The summed E-state index contributed by atoms with van der Waals surface area (Å²) >= 11 is 1.40. The van der Waals surface area contributed by atoms with Gasteiger partial charge < -0.3 is 5.32 Å². The molecular weight excluding hydrogens is 376 g/mol. The molecule has 0 radical (unpaired) electrons. The predicted molar refractivity (Wildman–Crippen MR) is 109 cm³/mol. The van der Waals surface area contributed by atoms with E-state index >= 15 is 0 Å². The zero-order chi connectivity index (χ0) is 20.3. The standard InChI is InChI=1S/C20H20N4O3S/c1-13-4-6-18(7-5-13)28-19-11-16(10-17(12-19)24(26)27)22-20(25)15(3)23-14(2)8-9-21-23/h4-12,15H,1-3H3,(H,22,25). The van der Waals surface area contributed by atoms with Crippen molar-refractivity contribution in [3.8, 4) is 0 Å². The zero-order valence-corrected chi connectivity index (χ0v) is 16.6. The number of nitrogens with zero attached hydrogens (tertiary/aromatic N) is 3. The fourth-order valence-electron chi connectivity index (χ4n) is 2.71. The van der Waals surface area contributed by atoms with E-state index in [1.165, 1.54) is 23.9 Å². The van der Waals surface area contributed by atoms with Crippen LogP contribution >= 0.6 is 11.8 Å². The zero-order valence-electron chi connectivity index (χ0n) is 15.7. The number of aryl methyl sites for hydroxylation is 2.